The largest absolute Gasteiger partial charge is 0.477 e. The van der Waals surface area contributed by atoms with Gasteiger partial charge in [0, 0.05) is 36.6 Å². The van der Waals surface area contributed by atoms with Crippen LogP contribution in [0.25, 0.3) is 10.9 Å². The minimum Gasteiger partial charge on any atom is -0.477 e. The van der Waals surface area contributed by atoms with Crippen molar-refractivity contribution in [1.82, 2.24) is 9.88 Å². The third kappa shape index (κ3) is 2.26. The number of halogens is 1. The van der Waals surface area contributed by atoms with Crippen LogP contribution in [-0.4, -0.2) is 40.8 Å². The molecule has 1 aromatic carbocycles. The molecule has 136 valence electrons. The molecular weight excluding hydrogens is 337 g/mol. The molecular formula is C19H20FN3O3. The van der Waals surface area contributed by atoms with Gasteiger partial charge in [-0.1, -0.05) is 0 Å². The van der Waals surface area contributed by atoms with Gasteiger partial charge in [-0.05, 0) is 43.9 Å². The molecule has 1 aliphatic carbocycles. The fraction of sp³-hybridized carbons (Fsp3) is 0.474. The molecule has 2 N–H and O–H groups in total. The molecule has 2 atom stereocenters. The molecule has 26 heavy (non-hydrogen) atoms. The Balaban J connectivity index is 1.84. The van der Waals surface area contributed by atoms with Gasteiger partial charge in [0.15, 0.2) is 0 Å². The van der Waals surface area contributed by atoms with Crippen LogP contribution < -0.4 is 15.6 Å². The molecule has 2 aromatic rings. The average molecular weight is 357 g/mol. The maximum atomic E-state index is 13.8. The summed E-state index contributed by atoms with van der Waals surface area (Å²) in [6.07, 6.45) is 3.94. The zero-order valence-corrected chi connectivity index (χ0v) is 14.2. The predicted molar refractivity (Wildman–Crippen MR) is 95.6 cm³/mol. The first-order valence-corrected chi connectivity index (χ1v) is 9.15. The van der Waals surface area contributed by atoms with Crippen LogP contribution >= 0.6 is 0 Å². The number of nitrogens with one attached hydrogen (secondary N) is 1. The summed E-state index contributed by atoms with van der Waals surface area (Å²) in [5.41, 5.74) is -0.177. The summed E-state index contributed by atoms with van der Waals surface area (Å²) in [5, 5.41) is 13.5. The van der Waals surface area contributed by atoms with Gasteiger partial charge in [-0.3, -0.25) is 4.79 Å². The minimum absolute atomic E-state index is 0.151. The summed E-state index contributed by atoms with van der Waals surface area (Å²) in [4.78, 5) is 27.2. The molecule has 1 aromatic heterocycles. The van der Waals surface area contributed by atoms with Crippen molar-refractivity contribution < 1.29 is 14.3 Å². The van der Waals surface area contributed by atoms with Crippen molar-refractivity contribution in [3.8, 4) is 0 Å². The Morgan fingerprint density at radius 2 is 1.96 bits per heavy atom. The SMILES string of the molecule is O=C(O)c1c(N2CC3CCC2CN3)n(C2CC2)c2ccc(F)cc2c1=O. The molecule has 2 bridgehead atoms. The number of pyridine rings is 1. The Kier molecular flexibility index (Phi) is 3.37. The molecule has 4 heterocycles. The highest BCUT2D eigenvalue weighted by Gasteiger charge is 2.40. The number of nitrogens with zero attached hydrogens (tertiary/aromatic N) is 2. The van der Waals surface area contributed by atoms with Gasteiger partial charge < -0.3 is 19.9 Å². The maximum Gasteiger partial charge on any atom is 0.343 e. The lowest BCUT2D eigenvalue weighted by atomic mass is 9.92. The summed E-state index contributed by atoms with van der Waals surface area (Å²) >= 11 is 0. The number of carboxylic acid groups (broad SMARTS) is 1. The number of benzene rings is 1. The number of anilines is 1. The topological polar surface area (TPSA) is 74.6 Å². The van der Waals surface area contributed by atoms with E-state index in [-0.39, 0.29) is 23.0 Å². The fourth-order valence-corrected chi connectivity index (χ4v) is 4.52. The lowest BCUT2D eigenvalue weighted by Crippen LogP contribution is -2.62. The summed E-state index contributed by atoms with van der Waals surface area (Å²) in [6, 6.07) is 4.78. The normalized spacial score (nSPS) is 25.0. The number of aromatic carboxylic acids is 1. The molecule has 1 saturated carbocycles. The number of hydrogen-bond acceptors (Lipinski definition) is 4. The predicted octanol–water partition coefficient (Wildman–Crippen LogP) is 2.11. The van der Waals surface area contributed by atoms with Crippen molar-refractivity contribution in [3.05, 3.63) is 39.8 Å². The lowest BCUT2D eigenvalue weighted by molar-refractivity contribution is 0.0695. The number of hydrogen-bond donors (Lipinski definition) is 2. The average Bonchev–Trinajstić information content (AvgIpc) is 3.47. The van der Waals surface area contributed by atoms with Crippen molar-refractivity contribution >= 4 is 22.7 Å². The third-order valence-corrected chi connectivity index (χ3v) is 5.89. The Hall–Kier alpha value is -2.41. The van der Waals surface area contributed by atoms with Crippen molar-refractivity contribution in [3.63, 3.8) is 0 Å². The highest BCUT2D eigenvalue weighted by molar-refractivity contribution is 5.99. The van der Waals surface area contributed by atoms with Crippen LogP contribution in [0.1, 0.15) is 42.1 Å². The summed E-state index contributed by atoms with van der Waals surface area (Å²) < 4.78 is 15.7. The summed E-state index contributed by atoms with van der Waals surface area (Å²) in [6.45, 7) is 1.49. The standard InChI is InChI=1S/C19H20FN3O3/c20-10-1-6-15-14(7-10)17(24)16(19(25)26)18(23(15)12-4-5-12)22-9-11-2-3-13(22)8-21-11/h1,6-7,11-13,21H,2-5,8-9H2,(H,25,26). The molecule has 4 aliphatic rings. The van der Waals surface area contributed by atoms with Crippen LogP contribution in [0.2, 0.25) is 0 Å². The number of rotatable bonds is 3. The lowest BCUT2D eigenvalue weighted by Gasteiger charge is -2.48. The minimum atomic E-state index is -1.24. The smallest absolute Gasteiger partial charge is 0.343 e. The Labute approximate surface area is 149 Å². The highest BCUT2D eigenvalue weighted by Crippen LogP contribution is 2.43. The van der Waals surface area contributed by atoms with E-state index in [1.807, 2.05) is 4.57 Å². The van der Waals surface area contributed by atoms with E-state index in [0.29, 0.717) is 23.9 Å². The van der Waals surface area contributed by atoms with E-state index in [0.717, 1.165) is 38.3 Å². The first-order valence-electron chi connectivity index (χ1n) is 9.15. The van der Waals surface area contributed by atoms with Crippen LogP contribution in [0.3, 0.4) is 0 Å². The van der Waals surface area contributed by atoms with Gasteiger partial charge in [0.05, 0.1) is 5.52 Å². The molecule has 7 heteroatoms. The van der Waals surface area contributed by atoms with Crippen LogP contribution in [0.15, 0.2) is 23.0 Å². The second kappa shape index (κ2) is 5.54. The Bertz CT molecular complexity index is 974. The number of carbonyl (C=O) groups is 1. The molecule has 6 rings (SSSR count). The number of piperazine rings is 1. The number of piperidine rings is 2. The zero-order chi connectivity index (χ0) is 18.0. The van der Waals surface area contributed by atoms with Crippen LogP contribution in [-0.2, 0) is 0 Å². The van der Waals surface area contributed by atoms with Gasteiger partial charge in [-0.15, -0.1) is 0 Å². The number of aromatic nitrogens is 1. The molecule has 0 radical (unpaired) electrons. The van der Waals surface area contributed by atoms with E-state index in [1.165, 1.54) is 6.07 Å². The van der Waals surface area contributed by atoms with E-state index in [1.54, 1.807) is 6.07 Å². The van der Waals surface area contributed by atoms with Crippen molar-refractivity contribution in [1.29, 1.82) is 0 Å². The van der Waals surface area contributed by atoms with Gasteiger partial charge in [0.1, 0.15) is 17.2 Å². The van der Waals surface area contributed by atoms with Gasteiger partial charge >= 0.3 is 5.97 Å². The Morgan fingerprint density at radius 3 is 2.54 bits per heavy atom. The molecule has 3 aliphatic heterocycles. The maximum absolute atomic E-state index is 13.8. The van der Waals surface area contributed by atoms with E-state index >= 15 is 0 Å². The van der Waals surface area contributed by atoms with E-state index in [4.69, 9.17) is 0 Å². The zero-order valence-electron chi connectivity index (χ0n) is 14.2. The van der Waals surface area contributed by atoms with E-state index < -0.39 is 17.2 Å². The molecule has 3 saturated heterocycles. The van der Waals surface area contributed by atoms with Crippen LogP contribution in [0, 0.1) is 5.82 Å². The van der Waals surface area contributed by atoms with Crippen molar-refractivity contribution in [2.75, 3.05) is 18.0 Å². The third-order valence-electron chi connectivity index (χ3n) is 5.89. The molecule has 6 nitrogen and oxygen atoms in total. The first kappa shape index (κ1) is 15.8. The first-order chi connectivity index (χ1) is 12.5. The van der Waals surface area contributed by atoms with Gasteiger partial charge in [0.2, 0.25) is 5.43 Å². The van der Waals surface area contributed by atoms with Crippen molar-refractivity contribution in [2.45, 2.75) is 43.8 Å². The van der Waals surface area contributed by atoms with Gasteiger partial charge in [0.25, 0.3) is 0 Å². The molecule has 0 amide bonds. The van der Waals surface area contributed by atoms with Crippen molar-refractivity contribution in [2.24, 2.45) is 0 Å². The van der Waals surface area contributed by atoms with Gasteiger partial charge in [-0.25, -0.2) is 9.18 Å². The summed E-state index contributed by atoms with van der Waals surface area (Å²) in [7, 11) is 0. The van der Waals surface area contributed by atoms with Crippen LogP contribution in [0.5, 0.6) is 0 Å². The fourth-order valence-electron chi connectivity index (χ4n) is 4.52. The van der Waals surface area contributed by atoms with E-state index in [2.05, 4.69) is 10.2 Å². The summed E-state index contributed by atoms with van der Waals surface area (Å²) in [5.74, 6) is -1.25. The second-order valence-electron chi connectivity index (χ2n) is 7.58. The monoisotopic (exact) mass is 357 g/mol. The second-order valence-corrected chi connectivity index (χ2v) is 7.58. The molecule has 0 spiro atoms. The molecule has 4 fully saturated rings. The van der Waals surface area contributed by atoms with Gasteiger partial charge in [-0.2, -0.15) is 0 Å². The quantitative estimate of drug-likeness (QED) is 0.880. The van der Waals surface area contributed by atoms with E-state index in [9.17, 15) is 19.1 Å². The Morgan fingerprint density at radius 1 is 1.19 bits per heavy atom. The number of fused-ring (bicyclic) bond motifs is 4. The highest BCUT2D eigenvalue weighted by atomic mass is 19.1. The number of carboxylic acids is 1. The molecule has 2 unspecified atom stereocenters. The van der Waals surface area contributed by atoms with Crippen LogP contribution in [0.4, 0.5) is 10.2 Å².